The van der Waals surface area contributed by atoms with Crippen molar-refractivity contribution in [2.24, 2.45) is 0 Å². The number of likely N-dealkylation sites (tertiary alicyclic amines) is 1. The molecule has 1 aromatic carbocycles. The summed E-state index contributed by atoms with van der Waals surface area (Å²) < 4.78 is 27.6. The molecule has 3 rings (SSSR count). The first-order chi connectivity index (χ1) is 11.5. The number of amides is 1. The molecule has 1 fully saturated rings. The van der Waals surface area contributed by atoms with Crippen LogP contribution in [0.1, 0.15) is 18.4 Å². The topological polar surface area (TPSA) is 66.5 Å². The van der Waals surface area contributed by atoms with Gasteiger partial charge in [0.2, 0.25) is 15.9 Å². The van der Waals surface area contributed by atoms with Crippen LogP contribution in [0.4, 0.5) is 0 Å². The quantitative estimate of drug-likeness (QED) is 0.885. The van der Waals surface area contributed by atoms with Gasteiger partial charge < -0.3 is 4.90 Å². The van der Waals surface area contributed by atoms with Gasteiger partial charge >= 0.3 is 0 Å². The fraction of sp³-hybridized carbons (Fsp3) is 0.353. The van der Waals surface area contributed by atoms with Crippen LogP contribution in [0.25, 0.3) is 0 Å². The Labute approximate surface area is 146 Å². The third-order valence-corrected chi connectivity index (χ3v) is 7.05. The van der Waals surface area contributed by atoms with Gasteiger partial charge in [-0.15, -0.1) is 11.3 Å². The van der Waals surface area contributed by atoms with Crippen molar-refractivity contribution in [3.8, 4) is 0 Å². The summed E-state index contributed by atoms with van der Waals surface area (Å²) in [5, 5.41) is 1.75. The number of hydrogen-bond acceptors (Lipinski definition) is 4. The highest BCUT2D eigenvalue weighted by molar-refractivity contribution is 7.91. The average Bonchev–Trinajstić information content (AvgIpc) is 3.11. The third-order valence-electron chi connectivity index (χ3n) is 4.13. The lowest BCUT2D eigenvalue weighted by molar-refractivity contribution is -0.131. The average molecular weight is 364 g/mol. The van der Waals surface area contributed by atoms with Crippen LogP contribution in [-0.2, 0) is 21.2 Å². The van der Waals surface area contributed by atoms with Gasteiger partial charge in [0.15, 0.2) is 0 Å². The second-order valence-corrected chi connectivity index (χ2v) is 8.76. The lowest BCUT2D eigenvalue weighted by atomic mass is 10.0. The molecule has 0 unspecified atom stereocenters. The summed E-state index contributed by atoms with van der Waals surface area (Å²) in [4.78, 5) is 14.2. The van der Waals surface area contributed by atoms with Crippen LogP contribution >= 0.6 is 11.3 Å². The SMILES string of the molecule is O=C(Cc1ccccc1)N1CCC(NS(=O)(=O)c2cccs2)CC1. The number of rotatable bonds is 5. The van der Waals surface area contributed by atoms with Crippen LogP contribution < -0.4 is 4.72 Å². The van der Waals surface area contributed by atoms with E-state index in [2.05, 4.69) is 4.72 Å². The first-order valence-corrected chi connectivity index (χ1v) is 10.3. The lowest BCUT2D eigenvalue weighted by Gasteiger charge is -2.32. The van der Waals surface area contributed by atoms with Crippen molar-refractivity contribution in [2.75, 3.05) is 13.1 Å². The maximum Gasteiger partial charge on any atom is 0.250 e. The predicted molar refractivity (Wildman–Crippen MR) is 94.4 cm³/mol. The van der Waals surface area contributed by atoms with Gasteiger partial charge in [0.25, 0.3) is 0 Å². The Morgan fingerprint density at radius 3 is 2.46 bits per heavy atom. The van der Waals surface area contributed by atoms with Crippen LogP contribution in [0.15, 0.2) is 52.1 Å². The van der Waals surface area contributed by atoms with E-state index in [0.29, 0.717) is 36.6 Å². The van der Waals surface area contributed by atoms with Gasteiger partial charge in [-0.3, -0.25) is 4.79 Å². The van der Waals surface area contributed by atoms with Gasteiger partial charge in [0.1, 0.15) is 4.21 Å². The van der Waals surface area contributed by atoms with Crippen LogP contribution in [0.3, 0.4) is 0 Å². The van der Waals surface area contributed by atoms with Crippen molar-refractivity contribution < 1.29 is 13.2 Å². The molecular formula is C17H20N2O3S2. The molecule has 128 valence electrons. The molecule has 0 atom stereocenters. The van der Waals surface area contributed by atoms with E-state index in [4.69, 9.17) is 0 Å². The standard InChI is InChI=1S/C17H20N2O3S2/c20-16(13-14-5-2-1-3-6-14)19-10-8-15(9-11-19)18-24(21,22)17-7-4-12-23-17/h1-7,12,15,18H,8-11,13H2. The van der Waals surface area contributed by atoms with Gasteiger partial charge in [0, 0.05) is 19.1 Å². The van der Waals surface area contributed by atoms with Gasteiger partial charge in [-0.25, -0.2) is 13.1 Å². The number of thiophene rings is 1. The Hall–Kier alpha value is -1.70. The smallest absolute Gasteiger partial charge is 0.250 e. The monoisotopic (exact) mass is 364 g/mol. The Balaban J connectivity index is 1.51. The summed E-state index contributed by atoms with van der Waals surface area (Å²) in [5.74, 6) is 0.0979. The Bertz CT molecular complexity index is 765. The summed E-state index contributed by atoms with van der Waals surface area (Å²) in [5.41, 5.74) is 1.00. The molecule has 0 bridgehead atoms. The normalized spacial score (nSPS) is 16.2. The highest BCUT2D eigenvalue weighted by Gasteiger charge is 2.27. The summed E-state index contributed by atoms with van der Waals surface area (Å²) in [6, 6.07) is 12.9. The number of benzene rings is 1. The Kier molecular flexibility index (Phi) is 5.33. The van der Waals surface area contributed by atoms with E-state index >= 15 is 0 Å². The predicted octanol–water partition coefficient (Wildman–Crippen LogP) is 2.26. The molecule has 1 amide bonds. The van der Waals surface area contributed by atoms with Crippen molar-refractivity contribution in [3.05, 3.63) is 53.4 Å². The number of piperidine rings is 1. The molecular weight excluding hydrogens is 344 g/mol. The number of nitrogens with zero attached hydrogens (tertiary/aromatic N) is 1. The molecule has 1 aliphatic heterocycles. The minimum Gasteiger partial charge on any atom is -0.342 e. The molecule has 24 heavy (non-hydrogen) atoms. The molecule has 2 heterocycles. The molecule has 1 N–H and O–H groups in total. The van der Waals surface area contributed by atoms with E-state index < -0.39 is 10.0 Å². The van der Waals surface area contributed by atoms with E-state index in [1.54, 1.807) is 17.5 Å². The third kappa shape index (κ3) is 4.23. The summed E-state index contributed by atoms with van der Waals surface area (Å²) in [7, 11) is -3.44. The molecule has 1 aromatic heterocycles. The highest BCUT2D eigenvalue weighted by Crippen LogP contribution is 2.19. The zero-order valence-corrected chi connectivity index (χ0v) is 14.9. The van der Waals surface area contributed by atoms with Gasteiger partial charge in [-0.05, 0) is 29.9 Å². The minimum absolute atomic E-state index is 0.0979. The Morgan fingerprint density at radius 2 is 1.83 bits per heavy atom. The molecule has 7 heteroatoms. The van der Waals surface area contributed by atoms with Crippen LogP contribution in [-0.4, -0.2) is 38.4 Å². The van der Waals surface area contributed by atoms with Crippen molar-refractivity contribution in [1.29, 1.82) is 0 Å². The van der Waals surface area contributed by atoms with E-state index in [1.807, 2.05) is 35.2 Å². The van der Waals surface area contributed by atoms with Crippen molar-refractivity contribution in [2.45, 2.75) is 29.5 Å². The van der Waals surface area contributed by atoms with E-state index in [1.165, 1.54) is 11.3 Å². The second kappa shape index (κ2) is 7.46. The molecule has 1 saturated heterocycles. The van der Waals surface area contributed by atoms with Crippen molar-refractivity contribution >= 4 is 27.3 Å². The first-order valence-electron chi connectivity index (χ1n) is 7.92. The summed E-state index contributed by atoms with van der Waals surface area (Å²) >= 11 is 1.21. The largest absolute Gasteiger partial charge is 0.342 e. The number of carbonyl (C=O) groups is 1. The zero-order chi connectivity index (χ0) is 17.0. The maximum absolute atomic E-state index is 12.3. The molecule has 0 radical (unpaired) electrons. The van der Waals surface area contributed by atoms with Gasteiger partial charge in [-0.2, -0.15) is 0 Å². The van der Waals surface area contributed by atoms with Crippen molar-refractivity contribution in [1.82, 2.24) is 9.62 Å². The highest BCUT2D eigenvalue weighted by atomic mass is 32.2. The first kappa shape index (κ1) is 17.1. The number of hydrogen-bond donors (Lipinski definition) is 1. The minimum atomic E-state index is -3.44. The molecule has 0 saturated carbocycles. The summed E-state index contributed by atoms with van der Waals surface area (Å²) in [6.45, 7) is 1.17. The molecule has 1 aliphatic rings. The van der Waals surface area contributed by atoms with E-state index in [0.717, 1.165) is 5.56 Å². The number of nitrogens with one attached hydrogen (secondary N) is 1. The molecule has 2 aromatic rings. The number of carbonyl (C=O) groups excluding carboxylic acids is 1. The van der Waals surface area contributed by atoms with Gasteiger partial charge in [-0.1, -0.05) is 36.4 Å². The van der Waals surface area contributed by atoms with E-state index in [9.17, 15) is 13.2 Å². The van der Waals surface area contributed by atoms with Crippen LogP contribution in [0.2, 0.25) is 0 Å². The zero-order valence-electron chi connectivity index (χ0n) is 13.2. The molecule has 0 spiro atoms. The van der Waals surface area contributed by atoms with Crippen LogP contribution in [0.5, 0.6) is 0 Å². The maximum atomic E-state index is 12.3. The number of sulfonamides is 1. The van der Waals surface area contributed by atoms with Crippen molar-refractivity contribution in [3.63, 3.8) is 0 Å². The summed E-state index contributed by atoms with van der Waals surface area (Å²) in [6.07, 6.45) is 1.68. The fourth-order valence-electron chi connectivity index (χ4n) is 2.82. The fourth-order valence-corrected chi connectivity index (χ4v) is 5.14. The lowest BCUT2D eigenvalue weighted by Crippen LogP contribution is -2.46. The van der Waals surface area contributed by atoms with Gasteiger partial charge in [0.05, 0.1) is 6.42 Å². The Morgan fingerprint density at radius 1 is 1.12 bits per heavy atom. The molecule has 0 aliphatic carbocycles. The van der Waals surface area contributed by atoms with Crippen LogP contribution in [0, 0.1) is 0 Å². The molecule has 5 nitrogen and oxygen atoms in total. The van der Waals surface area contributed by atoms with E-state index in [-0.39, 0.29) is 11.9 Å². The second-order valence-electron chi connectivity index (χ2n) is 5.87.